The number of nitrogens with zero attached hydrogens (tertiary/aromatic N) is 1. The van der Waals surface area contributed by atoms with Gasteiger partial charge >= 0.3 is 0 Å². The summed E-state index contributed by atoms with van der Waals surface area (Å²) in [5.74, 6) is -0.725. The van der Waals surface area contributed by atoms with Gasteiger partial charge in [0.25, 0.3) is 0 Å². The lowest BCUT2D eigenvalue weighted by Gasteiger charge is -2.31. The molecule has 0 radical (unpaired) electrons. The maximum absolute atomic E-state index is 13.0. The fourth-order valence-corrected chi connectivity index (χ4v) is 4.89. The van der Waals surface area contributed by atoms with Crippen LogP contribution < -0.4 is 10.6 Å². The van der Waals surface area contributed by atoms with Crippen LogP contribution >= 0.6 is 0 Å². The molecule has 1 aliphatic rings. The first-order valence-corrected chi connectivity index (χ1v) is 11.0. The summed E-state index contributed by atoms with van der Waals surface area (Å²) >= 11 is 0. The number of anilines is 1. The van der Waals surface area contributed by atoms with E-state index in [2.05, 4.69) is 10.6 Å². The average Bonchev–Trinajstić information content (AvgIpc) is 2.73. The summed E-state index contributed by atoms with van der Waals surface area (Å²) in [5.41, 5.74) is 1.54. The summed E-state index contributed by atoms with van der Waals surface area (Å²) in [7, 11) is -3.70. The zero-order chi connectivity index (χ0) is 20.9. The van der Waals surface area contributed by atoms with Crippen molar-refractivity contribution in [3.05, 3.63) is 60.2 Å². The van der Waals surface area contributed by atoms with Crippen molar-refractivity contribution in [2.75, 3.05) is 18.4 Å². The van der Waals surface area contributed by atoms with E-state index in [0.717, 1.165) is 5.56 Å². The van der Waals surface area contributed by atoms with E-state index in [0.29, 0.717) is 31.6 Å². The zero-order valence-corrected chi connectivity index (χ0v) is 17.1. The largest absolute Gasteiger partial charge is 0.352 e. The fraction of sp³-hybridized carbons (Fsp3) is 0.333. The first-order valence-electron chi connectivity index (χ1n) is 9.56. The summed E-state index contributed by atoms with van der Waals surface area (Å²) in [4.78, 5) is 23.8. The lowest BCUT2D eigenvalue weighted by atomic mass is 9.99. The van der Waals surface area contributed by atoms with Gasteiger partial charge in [-0.2, -0.15) is 4.31 Å². The summed E-state index contributed by atoms with van der Waals surface area (Å²) in [6.07, 6.45) is 1.29. The third-order valence-corrected chi connectivity index (χ3v) is 6.76. The molecule has 154 valence electrons. The molecule has 2 aromatic carbocycles. The van der Waals surface area contributed by atoms with E-state index in [9.17, 15) is 18.0 Å². The van der Waals surface area contributed by atoms with Crippen LogP contribution in [-0.4, -0.2) is 37.6 Å². The Bertz CT molecular complexity index is 959. The molecule has 29 heavy (non-hydrogen) atoms. The molecule has 1 fully saturated rings. The first-order chi connectivity index (χ1) is 13.9. The molecule has 0 aliphatic carbocycles. The number of benzene rings is 2. The van der Waals surface area contributed by atoms with Gasteiger partial charge in [0, 0.05) is 32.2 Å². The molecule has 7 nitrogen and oxygen atoms in total. The van der Waals surface area contributed by atoms with E-state index >= 15 is 0 Å². The van der Waals surface area contributed by atoms with Crippen LogP contribution in [0.2, 0.25) is 0 Å². The number of hydrogen-bond acceptors (Lipinski definition) is 4. The molecule has 1 atom stereocenters. The van der Waals surface area contributed by atoms with E-state index in [1.165, 1.54) is 23.4 Å². The number of carbonyl (C=O) groups excluding carboxylic acids is 2. The minimum Gasteiger partial charge on any atom is -0.352 e. The van der Waals surface area contributed by atoms with Crippen LogP contribution in [0.15, 0.2) is 59.5 Å². The number of amides is 2. The van der Waals surface area contributed by atoms with Crippen LogP contribution in [0.3, 0.4) is 0 Å². The van der Waals surface area contributed by atoms with E-state index in [-0.39, 0.29) is 29.2 Å². The molecule has 0 spiro atoms. The highest BCUT2D eigenvalue weighted by Gasteiger charge is 2.33. The average molecular weight is 416 g/mol. The molecular formula is C21H25N3O4S. The second-order valence-electron chi connectivity index (χ2n) is 7.11. The molecule has 8 heteroatoms. The first kappa shape index (κ1) is 21.0. The van der Waals surface area contributed by atoms with Crippen molar-refractivity contribution in [1.82, 2.24) is 9.62 Å². The van der Waals surface area contributed by atoms with Crippen molar-refractivity contribution in [2.45, 2.75) is 31.2 Å². The molecule has 1 heterocycles. The Kier molecular flexibility index (Phi) is 6.66. The van der Waals surface area contributed by atoms with Crippen LogP contribution in [0.4, 0.5) is 5.69 Å². The van der Waals surface area contributed by atoms with E-state index < -0.39 is 10.0 Å². The van der Waals surface area contributed by atoms with Crippen LogP contribution in [0.25, 0.3) is 0 Å². The van der Waals surface area contributed by atoms with Gasteiger partial charge < -0.3 is 10.6 Å². The van der Waals surface area contributed by atoms with Gasteiger partial charge in [-0.3, -0.25) is 9.59 Å². The number of nitrogens with one attached hydrogen (secondary N) is 2. The molecule has 0 saturated carbocycles. The SMILES string of the molecule is CC(=O)Nc1ccc(S(=O)(=O)N2CCC[C@H](C(=O)NCc3ccccc3)C2)cc1. The Hall–Kier alpha value is -2.71. The van der Waals surface area contributed by atoms with E-state index in [1.54, 1.807) is 12.1 Å². The number of carbonyl (C=O) groups is 2. The minimum atomic E-state index is -3.70. The van der Waals surface area contributed by atoms with Crippen LogP contribution in [0, 0.1) is 5.92 Å². The smallest absolute Gasteiger partial charge is 0.243 e. The maximum atomic E-state index is 13.0. The lowest BCUT2D eigenvalue weighted by Crippen LogP contribution is -2.45. The summed E-state index contributed by atoms with van der Waals surface area (Å²) in [5, 5.41) is 5.52. The van der Waals surface area contributed by atoms with Crippen molar-refractivity contribution < 1.29 is 18.0 Å². The highest BCUT2D eigenvalue weighted by molar-refractivity contribution is 7.89. The van der Waals surface area contributed by atoms with Crippen molar-refractivity contribution >= 4 is 27.5 Å². The van der Waals surface area contributed by atoms with Gasteiger partial charge in [0.15, 0.2) is 0 Å². The Morgan fingerprint density at radius 3 is 2.41 bits per heavy atom. The maximum Gasteiger partial charge on any atom is 0.243 e. The van der Waals surface area contributed by atoms with Gasteiger partial charge in [-0.1, -0.05) is 30.3 Å². The third-order valence-electron chi connectivity index (χ3n) is 4.88. The monoisotopic (exact) mass is 415 g/mol. The molecule has 0 aromatic heterocycles. The van der Waals surface area contributed by atoms with Gasteiger partial charge in [-0.25, -0.2) is 8.42 Å². The minimum absolute atomic E-state index is 0.130. The molecule has 3 rings (SSSR count). The summed E-state index contributed by atoms with van der Waals surface area (Å²) in [6.45, 7) is 2.36. The molecular weight excluding hydrogens is 390 g/mol. The molecule has 1 aliphatic heterocycles. The van der Waals surface area contributed by atoms with E-state index in [4.69, 9.17) is 0 Å². The molecule has 2 amide bonds. The quantitative estimate of drug-likeness (QED) is 0.757. The second kappa shape index (κ2) is 9.19. The normalized spacial score (nSPS) is 17.5. The topological polar surface area (TPSA) is 95.6 Å². The van der Waals surface area contributed by atoms with Gasteiger partial charge in [0.2, 0.25) is 21.8 Å². The van der Waals surface area contributed by atoms with Crippen molar-refractivity contribution in [3.63, 3.8) is 0 Å². The molecule has 1 saturated heterocycles. The molecule has 0 unspecified atom stereocenters. The predicted octanol–water partition coefficient (Wildman–Crippen LogP) is 2.36. The number of hydrogen-bond donors (Lipinski definition) is 2. The van der Waals surface area contributed by atoms with Gasteiger partial charge in [0.05, 0.1) is 10.8 Å². The molecule has 0 bridgehead atoms. The van der Waals surface area contributed by atoms with Crippen LogP contribution in [0.5, 0.6) is 0 Å². The highest BCUT2D eigenvalue weighted by Crippen LogP contribution is 2.25. The molecule has 2 aromatic rings. The summed E-state index contributed by atoms with van der Waals surface area (Å²) < 4.78 is 27.3. The zero-order valence-electron chi connectivity index (χ0n) is 16.3. The van der Waals surface area contributed by atoms with Crippen molar-refractivity contribution in [3.8, 4) is 0 Å². The summed E-state index contributed by atoms with van der Waals surface area (Å²) in [6, 6.07) is 15.7. The standard InChI is InChI=1S/C21H25N3O4S/c1-16(25)23-19-9-11-20(12-10-19)29(27,28)24-13-5-8-18(15-24)21(26)22-14-17-6-3-2-4-7-17/h2-4,6-7,9-12,18H,5,8,13-15H2,1H3,(H,22,26)(H,23,25)/t18-/m0/s1. The van der Waals surface area contributed by atoms with Crippen molar-refractivity contribution in [2.24, 2.45) is 5.92 Å². The third kappa shape index (κ3) is 5.42. The molecule has 2 N–H and O–H groups in total. The van der Waals surface area contributed by atoms with Crippen LogP contribution in [-0.2, 0) is 26.2 Å². The lowest BCUT2D eigenvalue weighted by molar-refractivity contribution is -0.126. The van der Waals surface area contributed by atoms with Crippen molar-refractivity contribution in [1.29, 1.82) is 0 Å². The van der Waals surface area contributed by atoms with Gasteiger partial charge in [0.1, 0.15) is 0 Å². The fourth-order valence-electron chi connectivity index (χ4n) is 3.37. The number of rotatable bonds is 6. The van der Waals surface area contributed by atoms with Crippen LogP contribution in [0.1, 0.15) is 25.3 Å². The highest BCUT2D eigenvalue weighted by atomic mass is 32.2. The Morgan fingerprint density at radius 2 is 1.76 bits per heavy atom. The number of piperidine rings is 1. The second-order valence-corrected chi connectivity index (χ2v) is 9.05. The Balaban J connectivity index is 1.64. The number of sulfonamides is 1. The Labute approximate surface area is 171 Å². The van der Waals surface area contributed by atoms with E-state index in [1.807, 2.05) is 30.3 Å². The predicted molar refractivity (Wildman–Crippen MR) is 111 cm³/mol. The Morgan fingerprint density at radius 1 is 1.07 bits per heavy atom. The van der Waals surface area contributed by atoms with Gasteiger partial charge in [-0.15, -0.1) is 0 Å². The van der Waals surface area contributed by atoms with Gasteiger partial charge in [-0.05, 0) is 42.7 Å².